The molecule has 0 saturated carbocycles. The van der Waals surface area contributed by atoms with Crippen molar-refractivity contribution in [2.75, 3.05) is 7.11 Å². The molecule has 0 aliphatic heterocycles. The quantitative estimate of drug-likeness (QED) is 0.331. The molecule has 186 valence electrons. The summed E-state index contributed by atoms with van der Waals surface area (Å²) in [6.45, 7) is 7.12. The first-order valence-electron chi connectivity index (χ1n) is 11.6. The number of aliphatic carboxylic acids is 1. The van der Waals surface area contributed by atoms with Crippen LogP contribution in [0, 0.1) is 29.1 Å². The third-order valence-electron chi connectivity index (χ3n) is 6.85. The molecule has 0 bridgehead atoms. The number of ether oxygens (including phenoxy) is 2. The van der Waals surface area contributed by atoms with Crippen molar-refractivity contribution in [2.45, 2.75) is 78.1 Å². The number of aliphatic hydroxyl groups excluding tert-OH is 2. The third kappa shape index (κ3) is 6.90. The molecule has 2 rings (SSSR count). The lowest BCUT2D eigenvalue weighted by molar-refractivity contribution is -0.174. The minimum atomic E-state index is -1.42. The second-order valence-electron chi connectivity index (χ2n) is 10.1. The maximum atomic E-state index is 12.9. The van der Waals surface area contributed by atoms with Crippen LogP contribution in [0.2, 0.25) is 0 Å². The molecular weight excluding hydrogens is 428 g/mol. The summed E-state index contributed by atoms with van der Waals surface area (Å²) in [6.07, 6.45) is 5.29. The first kappa shape index (κ1) is 27.1. The number of allylic oxidation sites excluding steroid dienone is 3. The molecule has 33 heavy (non-hydrogen) atoms. The van der Waals surface area contributed by atoms with Gasteiger partial charge in [0.15, 0.2) is 5.41 Å². The number of carboxylic acids is 1. The first-order valence-corrected chi connectivity index (χ1v) is 11.6. The summed E-state index contributed by atoms with van der Waals surface area (Å²) < 4.78 is 10.7. The van der Waals surface area contributed by atoms with Gasteiger partial charge in [0.1, 0.15) is 6.10 Å². The van der Waals surface area contributed by atoms with Gasteiger partial charge in [0.05, 0.1) is 25.7 Å². The highest BCUT2D eigenvalue weighted by Gasteiger charge is 2.45. The third-order valence-corrected chi connectivity index (χ3v) is 6.85. The first-order chi connectivity index (χ1) is 15.4. The van der Waals surface area contributed by atoms with Gasteiger partial charge in [-0.2, -0.15) is 0 Å². The Morgan fingerprint density at radius 1 is 1.15 bits per heavy atom. The zero-order valence-electron chi connectivity index (χ0n) is 20.2. The van der Waals surface area contributed by atoms with E-state index in [0.717, 1.165) is 5.57 Å². The number of hydrogen-bond donors (Lipinski definition) is 3. The van der Waals surface area contributed by atoms with E-state index in [-0.39, 0.29) is 30.1 Å². The minimum absolute atomic E-state index is 0.000624. The van der Waals surface area contributed by atoms with Crippen LogP contribution in [0.15, 0.2) is 23.8 Å². The smallest absolute Gasteiger partial charge is 0.323 e. The van der Waals surface area contributed by atoms with E-state index in [1.165, 1.54) is 21.0 Å². The molecule has 0 heterocycles. The summed E-state index contributed by atoms with van der Waals surface area (Å²) in [7, 11) is 1.24. The van der Waals surface area contributed by atoms with Crippen molar-refractivity contribution in [3.8, 4) is 0 Å². The normalized spacial score (nSPS) is 28.8. The Labute approximate surface area is 195 Å². The van der Waals surface area contributed by atoms with Crippen LogP contribution in [0.4, 0.5) is 0 Å². The Hall–Kier alpha value is -2.19. The number of methoxy groups -OCH3 is 1. The zero-order chi connectivity index (χ0) is 24.9. The van der Waals surface area contributed by atoms with Gasteiger partial charge >= 0.3 is 17.9 Å². The predicted octanol–water partition coefficient (Wildman–Crippen LogP) is 2.87. The van der Waals surface area contributed by atoms with Crippen molar-refractivity contribution in [3.05, 3.63) is 23.8 Å². The van der Waals surface area contributed by atoms with Crippen LogP contribution in [0.3, 0.4) is 0 Å². The highest BCUT2D eigenvalue weighted by molar-refractivity contribution is 5.99. The van der Waals surface area contributed by atoms with Gasteiger partial charge in [-0.3, -0.25) is 14.4 Å². The lowest BCUT2D eigenvalue weighted by Crippen LogP contribution is -2.44. The molecule has 0 aromatic heterocycles. The Bertz CT molecular complexity index is 783. The molecule has 2 aliphatic carbocycles. The Morgan fingerprint density at radius 2 is 1.82 bits per heavy atom. The van der Waals surface area contributed by atoms with Gasteiger partial charge in [-0.05, 0) is 62.9 Å². The molecule has 8 heteroatoms. The molecule has 8 nitrogen and oxygen atoms in total. The highest BCUT2D eigenvalue weighted by atomic mass is 16.6. The molecule has 0 unspecified atom stereocenters. The summed E-state index contributed by atoms with van der Waals surface area (Å²) in [5, 5.41) is 29.0. The van der Waals surface area contributed by atoms with Gasteiger partial charge in [0.25, 0.3) is 0 Å². The molecular formula is C25H38O8. The molecule has 7 atom stereocenters. The zero-order valence-corrected chi connectivity index (χ0v) is 20.2. The number of carbonyl (C=O) groups excluding carboxylic acids is 2. The van der Waals surface area contributed by atoms with Gasteiger partial charge in [0.2, 0.25) is 0 Å². The number of fused-ring (bicyclic) bond motifs is 1. The average molecular weight is 467 g/mol. The second kappa shape index (κ2) is 11.3. The lowest BCUT2D eigenvalue weighted by Gasteiger charge is -2.43. The van der Waals surface area contributed by atoms with Crippen molar-refractivity contribution in [1.29, 1.82) is 0 Å². The van der Waals surface area contributed by atoms with Gasteiger partial charge in [-0.15, -0.1) is 0 Å². The predicted molar refractivity (Wildman–Crippen MR) is 121 cm³/mol. The summed E-state index contributed by atoms with van der Waals surface area (Å²) in [5.74, 6) is -1.99. The molecule has 0 saturated heterocycles. The molecule has 3 N–H and O–H groups in total. The number of hydrogen-bond acceptors (Lipinski definition) is 7. The van der Waals surface area contributed by atoms with Crippen LogP contribution in [0.5, 0.6) is 0 Å². The van der Waals surface area contributed by atoms with Crippen molar-refractivity contribution in [1.82, 2.24) is 0 Å². The molecule has 0 spiro atoms. The number of aliphatic hydroxyl groups is 2. The SMILES string of the molecule is COC(=O)C(C)(C)C(=O)O[C@H]1C[C@@H](C)C=C2C=C[C@H](C)[C@H](CC[C@@H](O)C[C@@H](O)CC(=O)O)[C@H]21. The number of esters is 2. The maximum Gasteiger partial charge on any atom is 0.323 e. The molecule has 0 amide bonds. The standard InChI is InChI=1S/C25H38O8/c1-14-10-16-7-6-15(2)19(9-8-17(26)12-18(27)13-21(28)29)22(16)20(11-14)33-24(31)25(3,4)23(30)32-5/h6-7,10,14-15,17-20,22,26-27H,8-9,11-13H2,1-5H3,(H,28,29)/t14-,15-,17+,18+,19-,20-,22-/m0/s1. The van der Waals surface area contributed by atoms with E-state index < -0.39 is 48.1 Å². The largest absolute Gasteiger partial charge is 0.481 e. The number of carboxylic acid groups (broad SMARTS) is 1. The molecule has 2 aliphatic rings. The van der Waals surface area contributed by atoms with Crippen LogP contribution < -0.4 is 0 Å². The maximum absolute atomic E-state index is 12.9. The Kier molecular flexibility index (Phi) is 9.26. The van der Waals surface area contributed by atoms with E-state index in [2.05, 4.69) is 32.1 Å². The fraction of sp³-hybridized carbons (Fsp3) is 0.720. The fourth-order valence-electron chi connectivity index (χ4n) is 4.95. The van der Waals surface area contributed by atoms with Crippen molar-refractivity contribution in [2.24, 2.45) is 29.1 Å². The second-order valence-corrected chi connectivity index (χ2v) is 10.1. The summed E-state index contributed by atoms with van der Waals surface area (Å²) >= 11 is 0. The molecule has 0 aromatic carbocycles. The van der Waals surface area contributed by atoms with E-state index in [1.807, 2.05) is 0 Å². The van der Waals surface area contributed by atoms with E-state index in [1.54, 1.807) is 0 Å². The highest BCUT2D eigenvalue weighted by Crippen LogP contribution is 2.45. The summed E-state index contributed by atoms with van der Waals surface area (Å²) in [5.41, 5.74) is -0.326. The van der Waals surface area contributed by atoms with E-state index in [9.17, 15) is 24.6 Å². The van der Waals surface area contributed by atoms with E-state index in [4.69, 9.17) is 14.6 Å². The van der Waals surface area contributed by atoms with Crippen LogP contribution >= 0.6 is 0 Å². The van der Waals surface area contributed by atoms with Crippen molar-refractivity contribution in [3.63, 3.8) is 0 Å². The van der Waals surface area contributed by atoms with Crippen LogP contribution in [0.1, 0.15) is 59.8 Å². The van der Waals surface area contributed by atoms with Gasteiger partial charge in [-0.25, -0.2) is 0 Å². The van der Waals surface area contributed by atoms with E-state index in [0.29, 0.717) is 19.3 Å². The minimum Gasteiger partial charge on any atom is -0.481 e. The average Bonchev–Trinajstić information content (AvgIpc) is 2.71. The molecule has 0 radical (unpaired) electrons. The van der Waals surface area contributed by atoms with Crippen molar-refractivity contribution < 1.29 is 39.2 Å². The van der Waals surface area contributed by atoms with E-state index >= 15 is 0 Å². The molecule has 0 aromatic rings. The van der Waals surface area contributed by atoms with Gasteiger partial charge < -0.3 is 24.8 Å². The fourth-order valence-corrected chi connectivity index (χ4v) is 4.95. The van der Waals surface area contributed by atoms with Gasteiger partial charge in [-0.1, -0.05) is 32.1 Å². The van der Waals surface area contributed by atoms with Gasteiger partial charge in [0, 0.05) is 5.92 Å². The molecule has 0 fully saturated rings. The topological polar surface area (TPSA) is 130 Å². The lowest BCUT2D eigenvalue weighted by atomic mass is 9.65. The summed E-state index contributed by atoms with van der Waals surface area (Å²) in [4.78, 5) is 35.7. The van der Waals surface area contributed by atoms with Crippen LogP contribution in [-0.2, 0) is 23.9 Å². The number of carbonyl (C=O) groups is 3. The summed E-state index contributed by atoms with van der Waals surface area (Å²) in [6, 6.07) is 0. The Morgan fingerprint density at radius 3 is 2.42 bits per heavy atom. The number of rotatable bonds is 10. The van der Waals surface area contributed by atoms with Crippen molar-refractivity contribution >= 4 is 17.9 Å². The van der Waals surface area contributed by atoms with Crippen LogP contribution in [0.25, 0.3) is 0 Å². The van der Waals surface area contributed by atoms with Crippen LogP contribution in [-0.4, -0.2) is 58.6 Å². The Balaban J connectivity index is 2.16. The monoisotopic (exact) mass is 466 g/mol.